The van der Waals surface area contributed by atoms with E-state index in [2.05, 4.69) is 31.5 Å². The molecule has 0 saturated carbocycles. The van der Waals surface area contributed by atoms with Crippen molar-refractivity contribution >= 4 is 0 Å². The summed E-state index contributed by atoms with van der Waals surface area (Å²) in [6, 6.07) is 0. The van der Waals surface area contributed by atoms with E-state index in [1.54, 1.807) is 0 Å². The third-order valence-corrected chi connectivity index (χ3v) is 0.516. The van der Waals surface area contributed by atoms with E-state index in [0.29, 0.717) is 0 Å². The van der Waals surface area contributed by atoms with Crippen molar-refractivity contribution in [1.29, 1.82) is 0 Å². The van der Waals surface area contributed by atoms with E-state index in [9.17, 15) is 0 Å². The summed E-state index contributed by atoms with van der Waals surface area (Å²) in [5.41, 5.74) is 0. The lowest BCUT2D eigenvalue weighted by atomic mass is 10.6. The third-order valence-electron chi connectivity index (χ3n) is 0.516. The maximum Gasteiger partial charge on any atom is 0.248 e. The first-order chi connectivity index (χ1) is 3.93. The fourth-order valence-electron chi connectivity index (χ4n) is 0.215. The molecule has 8 heavy (non-hydrogen) atoms. The van der Waals surface area contributed by atoms with Crippen LogP contribution in [-0.2, 0) is 24.9 Å². The monoisotopic (exact) mass is 120 g/mol. The van der Waals surface area contributed by atoms with Crippen LogP contribution in [0.5, 0.6) is 0 Å². The van der Waals surface area contributed by atoms with Crippen molar-refractivity contribution in [2.45, 2.75) is 6.29 Å². The van der Waals surface area contributed by atoms with E-state index in [0.717, 1.165) is 0 Å². The van der Waals surface area contributed by atoms with Crippen molar-refractivity contribution in [3.8, 4) is 0 Å². The molecule has 1 fully saturated rings. The van der Waals surface area contributed by atoms with Gasteiger partial charge in [-0.25, -0.2) is 0 Å². The lowest BCUT2D eigenvalue weighted by molar-refractivity contribution is -0.781. The molecule has 5 heteroatoms. The van der Waals surface area contributed by atoms with Crippen LogP contribution in [0.4, 0.5) is 0 Å². The van der Waals surface area contributed by atoms with Crippen LogP contribution in [0, 0.1) is 0 Å². The summed E-state index contributed by atoms with van der Waals surface area (Å²) < 4.78 is 0. The van der Waals surface area contributed by atoms with E-state index in [-0.39, 0.29) is 0 Å². The molecule has 1 heterocycles. The Morgan fingerprint density at radius 2 is 1.75 bits per heavy atom. The predicted molar refractivity (Wildman–Crippen MR) is 19.4 cm³/mol. The molecule has 0 aliphatic carbocycles. The van der Waals surface area contributed by atoms with Crippen molar-refractivity contribution in [2.24, 2.45) is 0 Å². The van der Waals surface area contributed by atoms with Gasteiger partial charge in [-0.1, -0.05) is 6.58 Å². The molecule has 0 atom stereocenters. The summed E-state index contributed by atoms with van der Waals surface area (Å²) in [4.78, 5) is 8.48. The Morgan fingerprint density at radius 1 is 1.12 bits per heavy atom. The summed E-state index contributed by atoms with van der Waals surface area (Å²) in [7, 11) is 0. The van der Waals surface area contributed by atoms with Crippen molar-refractivity contribution in [3.63, 3.8) is 0 Å². The van der Waals surface area contributed by atoms with Crippen molar-refractivity contribution < 1.29 is 24.9 Å². The van der Waals surface area contributed by atoms with Gasteiger partial charge in [0.1, 0.15) is 0 Å². The van der Waals surface area contributed by atoms with Crippen LogP contribution in [-0.4, -0.2) is 6.29 Å². The first-order valence-corrected chi connectivity index (χ1v) is 1.88. The van der Waals surface area contributed by atoms with E-state index in [1.165, 1.54) is 6.08 Å². The van der Waals surface area contributed by atoms with Gasteiger partial charge in [-0.3, -0.25) is 0 Å². The molecule has 0 N–H and O–H groups in total. The van der Waals surface area contributed by atoms with Crippen LogP contribution in [0.2, 0.25) is 0 Å². The topological polar surface area (TPSA) is 46.2 Å². The van der Waals surface area contributed by atoms with Crippen LogP contribution >= 0.6 is 0 Å². The van der Waals surface area contributed by atoms with E-state index in [4.69, 9.17) is 0 Å². The van der Waals surface area contributed by atoms with Gasteiger partial charge in [-0.15, -0.1) is 0 Å². The number of rotatable bonds is 1. The summed E-state index contributed by atoms with van der Waals surface area (Å²) in [6.07, 6.45) is 0.617. The lowest BCUT2D eigenvalue weighted by Crippen LogP contribution is -2.20. The highest BCUT2D eigenvalue weighted by molar-refractivity contribution is 4.69. The molecular formula is C3H4O5. The zero-order chi connectivity index (χ0) is 5.82. The van der Waals surface area contributed by atoms with Gasteiger partial charge in [0.15, 0.2) is 0 Å². The molecule has 0 unspecified atom stereocenters. The standard InChI is InChI=1S/C3H4O5/c1-2-3-4-6-8-7-5-3/h2-3H,1H2. The lowest BCUT2D eigenvalue weighted by Gasteiger charge is -2.12. The van der Waals surface area contributed by atoms with Gasteiger partial charge < -0.3 is 0 Å². The van der Waals surface area contributed by atoms with Gasteiger partial charge in [0.2, 0.25) is 6.29 Å². The second kappa shape index (κ2) is 2.75. The number of hydrogen-bond acceptors (Lipinski definition) is 5. The van der Waals surface area contributed by atoms with Crippen LogP contribution in [0.15, 0.2) is 12.7 Å². The first-order valence-electron chi connectivity index (χ1n) is 1.88. The Morgan fingerprint density at radius 3 is 2.12 bits per heavy atom. The summed E-state index contributed by atoms with van der Waals surface area (Å²) in [5.74, 6) is 0. The summed E-state index contributed by atoms with van der Waals surface area (Å²) in [5, 5.41) is 11.4. The Balaban J connectivity index is 2.22. The largest absolute Gasteiger partial charge is 0.248 e. The highest BCUT2D eigenvalue weighted by Gasteiger charge is 2.13. The maximum absolute atomic E-state index is 4.24. The molecule has 0 amide bonds. The molecule has 0 radical (unpaired) electrons. The molecule has 0 aromatic heterocycles. The second-order valence-corrected chi connectivity index (χ2v) is 1.00. The maximum atomic E-state index is 4.24. The van der Waals surface area contributed by atoms with Crippen molar-refractivity contribution in [3.05, 3.63) is 12.7 Å². The Labute approximate surface area is 45.1 Å². The van der Waals surface area contributed by atoms with Gasteiger partial charge in [-0.2, -0.15) is 9.78 Å². The Bertz CT molecular complexity index is 75.7. The van der Waals surface area contributed by atoms with E-state index < -0.39 is 6.29 Å². The zero-order valence-corrected chi connectivity index (χ0v) is 3.90. The van der Waals surface area contributed by atoms with E-state index in [1.807, 2.05) is 0 Å². The highest BCUT2D eigenvalue weighted by Crippen LogP contribution is 2.04. The van der Waals surface area contributed by atoms with Crippen LogP contribution in [0.3, 0.4) is 0 Å². The average molecular weight is 120 g/mol. The minimum atomic E-state index is -0.719. The zero-order valence-electron chi connectivity index (χ0n) is 3.90. The summed E-state index contributed by atoms with van der Waals surface area (Å²) >= 11 is 0. The number of hydrogen-bond donors (Lipinski definition) is 0. The predicted octanol–water partition coefficient (Wildman–Crippen LogP) is 0.255. The molecule has 0 aromatic carbocycles. The fraction of sp³-hybridized carbons (Fsp3) is 0.333. The van der Waals surface area contributed by atoms with E-state index >= 15 is 0 Å². The van der Waals surface area contributed by atoms with Gasteiger partial charge >= 0.3 is 0 Å². The minimum Gasteiger partial charge on any atom is -0.164 e. The highest BCUT2D eigenvalue weighted by atomic mass is 17.8. The fourth-order valence-corrected chi connectivity index (χ4v) is 0.215. The van der Waals surface area contributed by atoms with Gasteiger partial charge in [0.05, 0.1) is 0 Å². The van der Waals surface area contributed by atoms with Crippen molar-refractivity contribution in [2.75, 3.05) is 0 Å². The molecular weight excluding hydrogens is 116 g/mol. The van der Waals surface area contributed by atoms with Gasteiger partial charge in [0.25, 0.3) is 0 Å². The molecule has 1 aliphatic heterocycles. The Hall–Kier alpha value is -0.460. The Kier molecular flexibility index (Phi) is 1.95. The quantitative estimate of drug-likeness (QED) is 0.366. The molecule has 0 aromatic rings. The molecule has 1 rings (SSSR count). The minimum absolute atomic E-state index is 0.719. The normalized spacial score (nSPS) is 23.0. The second-order valence-electron chi connectivity index (χ2n) is 1.00. The van der Waals surface area contributed by atoms with Crippen LogP contribution in [0.25, 0.3) is 0 Å². The average Bonchev–Trinajstić information content (AvgIpc) is 1.90. The van der Waals surface area contributed by atoms with Crippen LogP contribution < -0.4 is 0 Å². The summed E-state index contributed by atoms with van der Waals surface area (Å²) in [6.45, 7) is 3.32. The van der Waals surface area contributed by atoms with Crippen molar-refractivity contribution in [1.82, 2.24) is 0 Å². The molecule has 0 spiro atoms. The third kappa shape index (κ3) is 1.25. The molecule has 0 bridgehead atoms. The first kappa shape index (κ1) is 5.67. The van der Waals surface area contributed by atoms with Crippen LogP contribution in [0.1, 0.15) is 0 Å². The van der Waals surface area contributed by atoms with Gasteiger partial charge in [0, 0.05) is 0 Å². The SMILES string of the molecule is C=CC1OOOOO1. The smallest absolute Gasteiger partial charge is 0.164 e. The molecule has 46 valence electrons. The van der Waals surface area contributed by atoms with Gasteiger partial charge in [-0.05, 0) is 21.2 Å². The molecule has 1 aliphatic rings. The molecule has 5 nitrogen and oxygen atoms in total. The molecule has 1 saturated heterocycles.